The van der Waals surface area contributed by atoms with Crippen LogP contribution in [0.3, 0.4) is 0 Å². The molecule has 0 bridgehead atoms. The molecular weight excluding hydrogens is 465 g/mol. The second-order valence-electron chi connectivity index (χ2n) is 8.09. The van der Waals surface area contributed by atoms with E-state index >= 15 is 0 Å². The molecule has 2 amide bonds. The van der Waals surface area contributed by atoms with Crippen molar-refractivity contribution >= 4 is 11.8 Å². The van der Waals surface area contributed by atoms with E-state index in [0.29, 0.717) is 37.2 Å². The molecular formula is C24H23F3N4O4. The summed E-state index contributed by atoms with van der Waals surface area (Å²) in [7, 11) is 0. The maximum atomic E-state index is 12.9. The van der Waals surface area contributed by atoms with Crippen molar-refractivity contribution in [2.75, 3.05) is 19.6 Å². The van der Waals surface area contributed by atoms with Gasteiger partial charge in [0.25, 0.3) is 5.91 Å². The summed E-state index contributed by atoms with van der Waals surface area (Å²) in [5.74, 6) is -0.632. The monoisotopic (exact) mass is 488 g/mol. The van der Waals surface area contributed by atoms with Gasteiger partial charge in [0.1, 0.15) is 23.3 Å². The van der Waals surface area contributed by atoms with Crippen molar-refractivity contribution in [2.24, 2.45) is 0 Å². The number of para-hydroxylation sites is 1. The Kier molecular flexibility index (Phi) is 6.94. The largest absolute Gasteiger partial charge is 0.507 e. The number of hydrogen-bond acceptors (Lipinski definition) is 5. The Bertz CT molecular complexity index is 1200. The number of aromatic hydroxyl groups is 1. The van der Waals surface area contributed by atoms with Crippen molar-refractivity contribution in [2.45, 2.75) is 25.1 Å². The minimum absolute atomic E-state index is 0.0292. The van der Waals surface area contributed by atoms with E-state index in [1.165, 1.54) is 24.3 Å². The highest BCUT2D eigenvalue weighted by atomic mass is 19.4. The third-order valence-corrected chi connectivity index (χ3v) is 5.66. The number of carbonyl (C=O) groups is 2. The number of halogens is 3. The number of alkyl halides is 3. The normalized spacial score (nSPS) is 14.5. The van der Waals surface area contributed by atoms with Crippen LogP contribution in [0.5, 0.6) is 11.5 Å². The molecule has 0 saturated carbocycles. The fourth-order valence-electron chi connectivity index (χ4n) is 3.79. The molecule has 0 radical (unpaired) electrons. The van der Waals surface area contributed by atoms with Gasteiger partial charge >= 0.3 is 6.18 Å². The second-order valence-corrected chi connectivity index (χ2v) is 8.09. The zero-order valence-corrected chi connectivity index (χ0v) is 18.5. The number of phenols is 1. The van der Waals surface area contributed by atoms with Crippen LogP contribution >= 0.6 is 0 Å². The highest BCUT2D eigenvalue weighted by Gasteiger charge is 2.31. The van der Waals surface area contributed by atoms with Gasteiger partial charge < -0.3 is 20.1 Å². The summed E-state index contributed by atoms with van der Waals surface area (Å²) >= 11 is 0. The summed E-state index contributed by atoms with van der Waals surface area (Å²) in [4.78, 5) is 26.5. The summed E-state index contributed by atoms with van der Waals surface area (Å²) in [6.45, 7) is 0.503. The number of hydrogen-bond donors (Lipinski definition) is 3. The summed E-state index contributed by atoms with van der Waals surface area (Å²) in [5, 5.41) is 19.1. The lowest BCUT2D eigenvalue weighted by Crippen LogP contribution is -2.46. The molecule has 0 atom stereocenters. The van der Waals surface area contributed by atoms with Crippen LogP contribution in [0.4, 0.5) is 13.2 Å². The lowest BCUT2D eigenvalue weighted by atomic mass is 10.1. The molecule has 35 heavy (non-hydrogen) atoms. The van der Waals surface area contributed by atoms with Crippen LogP contribution in [0.15, 0.2) is 54.6 Å². The van der Waals surface area contributed by atoms with Gasteiger partial charge in [-0.2, -0.15) is 18.3 Å². The first kappa shape index (κ1) is 24.1. The number of amides is 2. The number of rotatable bonds is 6. The molecule has 1 saturated heterocycles. The van der Waals surface area contributed by atoms with Crippen molar-refractivity contribution in [1.29, 1.82) is 0 Å². The Labute approximate surface area is 198 Å². The number of H-pyrrole nitrogens is 1. The van der Waals surface area contributed by atoms with Crippen LogP contribution in [-0.2, 0) is 11.0 Å². The molecule has 11 heteroatoms. The SMILES string of the molecule is O=C(NCC(=O)N1CCC(Oc2cccc(C(F)(F)F)c2)CC1)c1cc(-c2ccccc2O)n[nH]1. The van der Waals surface area contributed by atoms with Crippen molar-refractivity contribution in [3.63, 3.8) is 0 Å². The minimum atomic E-state index is -4.44. The number of benzene rings is 2. The zero-order chi connectivity index (χ0) is 25.0. The molecule has 4 rings (SSSR count). The number of carbonyl (C=O) groups excluding carboxylic acids is 2. The van der Waals surface area contributed by atoms with Gasteiger partial charge in [-0.1, -0.05) is 18.2 Å². The quantitative estimate of drug-likeness (QED) is 0.492. The Balaban J connectivity index is 1.25. The third kappa shape index (κ3) is 5.92. The number of aromatic amines is 1. The topological polar surface area (TPSA) is 108 Å². The molecule has 8 nitrogen and oxygen atoms in total. The van der Waals surface area contributed by atoms with E-state index in [1.807, 2.05) is 0 Å². The maximum absolute atomic E-state index is 12.9. The van der Waals surface area contributed by atoms with Crippen LogP contribution in [0.2, 0.25) is 0 Å². The van der Waals surface area contributed by atoms with Gasteiger partial charge in [-0.05, 0) is 36.4 Å². The zero-order valence-electron chi connectivity index (χ0n) is 18.5. The summed E-state index contributed by atoms with van der Waals surface area (Å²) in [6, 6.07) is 12.8. The smallest absolute Gasteiger partial charge is 0.416 e. The third-order valence-electron chi connectivity index (χ3n) is 5.66. The number of ether oxygens (including phenoxy) is 1. The molecule has 184 valence electrons. The van der Waals surface area contributed by atoms with E-state index < -0.39 is 17.6 Å². The first-order valence-corrected chi connectivity index (χ1v) is 10.9. The standard InChI is InChI=1S/C24H23F3N4O4/c25-24(26,27)15-4-3-5-17(12-15)35-16-8-10-31(11-9-16)22(33)14-28-23(34)20-13-19(29-30-20)18-6-1-2-7-21(18)32/h1-7,12-13,16,32H,8-11,14H2,(H,28,34)(H,29,30). The molecule has 1 aliphatic rings. The van der Waals surface area contributed by atoms with Crippen LogP contribution in [-0.4, -0.2) is 57.8 Å². The number of piperidine rings is 1. The van der Waals surface area contributed by atoms with Gasteiger partial charge in [0, 0.05) is 31.5 Å². The molecule has 0 aliphatic carbocycles. The highest BCUT2D eigenvalue weighted by Crippen LogP contribution is 2.32. The van der Waals surface area contributed by atoms with Crippen molar-refractivity contribution in [3.05, 3.63) is 65.9 Å². The van der Waals surface area contributed by atoms with Gasteiger partial charge in [-0.25, -0.2) is 0 Å². The predicted octanol–water partition coefficient (Wildman–Crippen LogP) is 3.60. The fourth-order valence-corrected chi connectivity index (χ4v) is 3.79. The molecule has 2 aromatic carbocycles. The Hall–Kier alpha value is -4.02. The molecule has 1 fully saturated rings. The van der Waals surface area contributed by atoms with E-state index in [9.17, 15) is 27.9 Å². The number of nitrogens with one attached hydrogen (secondary N) is 2. The molecule has 0 unspecified atom stereocenters. The molecule has 3 aromatic rings. The van der Waals surface area contributed by atoms with Gasteiger partial charge in [0.05, 0.1) is 17.8 Å². The maximum Gasteiger partial charge on any atom is 0.416 e. The van der Waals surface area contributed by atoms with E-state index in [2.05, 4.69) is 15.5 Å². The minimum Gasteiger partial charge on any atom is -0.507 e. The van der Waals surface area contributed by atoms with Crippen LogP contribution in [0.25, 0.3) is 11.3 Å². The van der Waals surface area contributed by atoms with E-state index in [-0.39, 0.29) is 35.7 Å². The lowest BCUT2D eigenvalue weighted by molar-refractivity contribution is -0.138. The van der Waals surface area contributed by atoms with Crippen molar-refractivity contribution < 1.29 is 32.6 Å². The second kappa shape index (κ2) is 10.1. The molecule has 1 aliphatic heterocycles. The van der Waals surface area contributed by atoms with Crippen molar-refractivity contribution in [1.82, 2.24) is 20.4 Å². The van der Waals surface area contributed by atoms with Gasteiger partial charge in [0.2, 0.25) is 5.91 Å². The Morgan fingerprint density at radius 2 is 1.86 bits per heavy atom. The van der Waals surface area contributed by atoms with Gasteiger partial charge in [-0.3, -0.25) is 14.7 Å². The first-order valence-electron chi connectivity index (χ1n) is 10.9. The number of aromatic nitrogens is 2. The van der Waals surface area contributed by atoms with Gasteiger partial charge in [0.15, 0.2) is 0 Å². The van der Waals surface area contributed by atoms with E-state index in [0.717, 1.165) is 12.1 Å². The van der Waals surface area contributed by atoms with E-state index in [4.69, 9.17) is 4.74 Å². The molecule has 3 N–H and O–H groups in total. The average molecular weight is 488 g/mol. The molecule has 1 aromatic heterocycles. The molecule has 0 spiro atoms. The van der Waals surface area contributed by atoms with Crippen LogP contribution < -0.4 is 10.1 Å². The van der Waals surface area contributed by atoms with Crippen LogP contribution in [0, 0.1) is 0 Å². The lowest BCUT2D eigenvalue weighted by Gasteiger charge is -2.32. The summed E-state index contributed by atoms with van der Waals surface area (Å²) < 4.78 is 44.3. The predicted molar refractivity (Wildman–Crippen MR) is 120 cm³/mol. The Morgan fingerprint density at radius 1 is 1.11 bits per heavy atom. The first-order chi connectivity index (χ1) is 16.7. The van der Waals surface area contributed by atoms with E-state index in [1.54, 1.807) is 23.1 Å². The fraction of sp³-hybridized carbons (Fsp3) is 0.292. The van der Waals surface area contributed by atoms with Crippen LogP contribution in [0.1, 0.15) is 28.9 Å². The van der Waals surface area contributed by atoms with Gasteiger partial charge in [-0.15, -0.1) is 0 Å². The summed E-state index contributed by atoms with van der Waals surface area (Å²) in [6.07, 6.45) is -3.84. The number of phenolic OH excluding ortho intramolecular Hbond substituents is 1. The number of nitrogens with zero attached hydrogens (tertiary/aromatic N) is 2. The Morgan fingerprint density at radius 3 is 2.57 bits per heavy atom. The average Bonchev–Trinajstić information content (AvgIpc) is 3.33. The number of likely N-dealkylation sites (tertiary alicyclic amines) is 1. The molecule has 2 heterocycles. The summed E-state index contributed by atoms with van der Waals surface area (Å²) in [5.41, 5.74) is 0.226. The highest BCUT2D eigenvalue weighted by molar-refractivity contribution is 5.95. The van der Waals surface area contributed by atoms with Crippen molar-refractivity contribution in [3.8, 4) is 22.8 Å².